The van der Waals surface area contributed by atoms with E-state index in [0.29, 0.717) is 48.7 Å². The minimum Gasteiger partial charge on any atom is -0.388 e. The molecule has 4 heterocycles. The number of hydrogen-bond acceptors (Lipinski definition) is 6. The molecule has 1 atom stereocenters. The lowest BCUT2D eigenvalue weighted by molar-refractivity contribution is -0.141. The quantitative estimate of drug-likeness (QED) is 0.498. The van der Waals surface area contributed by atoms with Crippen molar-refractivity contribution in [3.8, 4) is 5.69 Å². The van der Waals surface area contributed by atoms with Crippen LogP contribution in [0.4, 0.5) is 0 Å². The number of morpholine rings is 1. The molecule has 2 aromatic heterocycles. The van der Waals surface area contributed by atoms with Crippen LogP contribution in [0.5, 0.6) is 0 Å². The third-order valence-electron chi connectivity index (χ3n) is 8.18. The number of nitrogens with zero attached hydrogens (tertiary/aromatic N) is 4. The maximum absolute atomic E-state index is 13.4. The fraction of sp³-hybridized carbons (Fsp3) is 0.552. The number of carbonyl (C=O) groups is 1. The van der Waals surface area contributed by atoms with Crippen LogP contribution in [-0.4, -0.2) is 68.5 Å². The van der Waals surface area contributed by atoms with Gasteiger partial charge in [-0.25, -0.2) is 4.98 Å². The minimum absolute atomic E-state index is 0.127. The van der Waals surface area contributed by atoms with Gasteiger partial charge < -0.3 is 20.1 Å². The van der Waals surface area contributed by atoms with Crippen LogP contribution >= 0.6 is 11.6 Å². The summed E-state index contributed by atoms with van der Waals surface area (Å²) in [6, 6.07) is 9.77. The Morgan fingerprint density at radius 3 is 2.49 bits per heavy atom. The number of ether oxygens (including phenoxy) is 1. The standard InChI is InChI=1S/C27H32ClN5O4.C2H6/c1-26(6-7-26)25(35)31-11-8-27(36,9-12-31)16-32-17-30-23-20(24(32)34)14-22(28)33(23)19-4-2-18(3-5-19)21-15-37-13-10-29-21;1-2/h2-5,14,17,21,29,36H,6-13,15-16H2,1H3;1-2H3. The topological polar surface area (TPSA) is 102 Å². The van der Waals surface area contributed by atoms with Crippen LogP contribution in [0.1, 0.15) is 58.1 Å². The van der Waals surface area contributed by atoms with E-state index in [0.717, 1.165) is 37.2 Å². The Morgan fingerprint density at radius 1 is 1.18 bits per heavy atom. The molecule has 39 heavy (non-hydrogen) atoms. The lowest BCUT2D eigenvalue weighted by Crippen LogP contribution is -2.51. The molecule has 3 fully saturated rings. The van der Waals surface area contributed by atoms with Crippen LogP contribution in [0, 0.1) is 5.41 Å². The monoisotopic (exact) mass is 555 g/mol. The summed E-state index contributed by atoms with van der Waals surface area (Å²) in [6.45, 7) is 9.30. The second-order valence-electron chi connectivity index (χ2n) is 11.0. The van der Waals surface area contributed by atoms with Crippen molar-refractivity contribution in [2.45, 2.75) is 64.6 Å². The first kappa shape index (κ1) is 27.8. The number of benzene rings is 1. The highest BCUT2D eigenvalue weighted by molar-refractivity contribution is 6.31. The molecular weight excluding hydrogens is 518 g/mol. The van der Waals surface area contributed by atoms with E-state index in [1.807, 2.05) is 49.9 Å². The molecule has 10 heteroatoms. The molecule has 1 saturated carbocycles. The number of halogens is 1. The molecule has 210 valence electrons. The number of hydrogen-bond donors (Lipinski definition) is 2. The summed E-state index contributed by atoms with van der Waals surface area (Å²) in [5, 5.41) is 15.5. The first-order valence-corrected chi connectivity index (χ1v) is 14.3. The normalized spacial score (nSPS) is 21.8. The summed E-state index contributed by atoms with van der Waals surface area (Å²) >= 11 is 6.58. The van der Waals surface area contributed by atoms with Gasteiger partial charge in [0.1, 0.15) is 11.5 Å². The lowest BCUT2D eigenvalue weighted by atomic mass is 9.90. The molecule has 2 saturated heterocycles. The molecule has 2 N–H and O–H groups in total. The number of carbonyl (C=O) groups excluding carboxylic acids is 1. The molecule has 0 spiro atoms. The summed E-state index contributed by atoms with van der Waals surface area (Å²) in [5.41, 5.74) is 0.879. The van der Waals surface area contributed by atoms with Gasteiger partial charge in [-0.05, 0) is 49.4 Å². The van der Waals surface area contributed by atoms with Gasteiger partial charge in [-0.2, -0.15) is 0 Å². The smallest absolute Gasteiger partial charge is 0.262 e. The molecule has 0 radical (unpaired) electrons. The van der Waals surface area contributed by atoms with Gasteiger partial charge in [-0.1, -0.05) is 44.5 Å². The molecular formula is C29H38ClN5O4. The van der Waals surface area contributed by atoms with Crippen LogP contribution in [0.25, 0.3) is 16.7 Å². The summed E-state index contributed by atoms with van der Waals surface area (Å²) < 4.78 is 8.78. The fourth-order valence-electron chi connectivity index (χ4n) is 5.46. The van der Waals surface area contributed by atoms with Crippen molar-refractivity contribution < 1.29 is 14.6 Å². The molecule has 1 unspecified atom stereocenters. The predicted molar refractivity (Wildman–Crippen MR) is 151 cm³/mol. The van der Waals surface area contributed by atoms with Gasteiger partial charge in [-0.3, -0.25) is 18.7 Å². The number of likely N-dealkylation sites (tertiary alicyclic amines) is 1. The van der Waals surface area contributed by atoms with Crippen molar-refractivity contribution in [1.29, 1.82) is 0 Å². The summed E-state index contributed by atoms with van der Waals surface area (Å²) in [5.74, 6) is 0.183. The van der Waals surface area contributed by atoms with Crippen molar-refractivity contribution in [2.24, 2.45) is 5.41 Å². The molecule has 2 aliphatic heterocycles. The average Bonchev–Trinajstić information content (AvgIpc) is 3.63. The van der Waals surface area contributed by atoms with E-state index in [2.05, 4.69) is 10.3 Å². The van der Waals surface area contributed by atoms with Crippen LogP contribution in [0.15, 0.2) is 41.5 Å². The number of nitrogens with one attached hydrogen (secondary N) is 1. The molecule has 0 bridgehead atoms. The largest absolute Gasteiger partial charge is 0.388 e. The van der Waals surface area contributed by atoms with Crippen LogP contribution in [0.2, 0.25) is 5.15 Å². The van der Waals surface area contributed by atoms with E-state index in [1.165, 1.54) is 10.9 Å². The predicted octanol–water partition coefficient (Wildman–Crippen LogP) is 3.68. The Hall–Kier alpha value is -2.72. The average molecular weight is 556 g/mol. The van der Waals surface area contributed by atoms with E-state index in [-0.39, 0.29) is 29.5 Å². The highest BCUT2D eigenvalue weighted by Crippen LogP contribution is 2.47. The number of aliphatic hydroxyl groups is 1. The number of fused-ring (bicyclic) bond motifs is 1. The third kappa shape index (κ3) is 5.50. The Morgan fingerprint density at radius 2 is 1.87 bits per heavy atom. The Balaban J connectivity index is 0.00000151. The lowest BCUT2D eigenvalue weighted by Gasteiger charge is -2.39. The van der Waals surface area contributed by atoms with Gasteiger partial charge in [0.25, 0.3) is 5.56 Å². The van der Waals surface area contributed by atoms with Gasteiger partial charge in [0, 0.05) is 30.7 Å². The van der Waals surface area contributed by atoms with Gasteiger partial charge in [0.15, 0.2) is 5.65 Å². The van der Waals surface area contributed by atoms with E-state index in [9.17, 15) is 14.7 Å². The molecule has 1 amide bonds. The van der Waals surface area contributed by atoms with E-state index in [4.69, 9.17) is 16.3 Å². The van der Waals surface area contributed by atoms with Crippen molar-refractivity contribution in [3.05, 3.63) is 57.7 Å². The van der Waals surface area contributed by atoms with Crippen molar-refractivity contribution in [2.75, 3.05) is 32.8 Å². The molecule has 1 aromatic carbocycles. The Labute approximate surface area is 233 Å². The number of piperidine rings is 1. The first-order valence-electron chi connectivity index (χ1n) is 14.0. The van der Waals surface area contributed by atoms with E-state index in [1.54, 1.807) is 10.6 Å². The number of amides is 1. The Bertz CT molecular complexity index is 1380. The van der Waals surface area contributed by atoms with E-state index < -0.39 is 5.60 Å². The van der Waals surface area contributed by atoms with Gasteiger partial charge in [0.2, 0.25) is 5.91 Å². The van der Waals surface area contributed by atoms with Crippen molar-refractivity contribution in [3.63, 3.8) is 0 Å². The summed E-state index contributed by atoms with van der Waals surface area (Å²) in [7, 11) is 0. The van der Waals surface area contributed by atoms with Crippen LogP contribution in [-0.2, 0) is 16.1 Å². The maximum Gasteiger partial charge on any atom is 0.262 e. The van der Waals surface area contributed by atoms with Crippen molar-refractivity contribution >= 4 is 28.5 Å². The van der Waals surface area contributed by atoms with Gasteiger partial charge >= 0.3 is 0 Å². The molecule has 1 aliphatic carbocycles. The van der Waals surface area contributed by atoms with Crippen LogP contribution < -0.4 is 10.9 Å². The van der Waals surface area contributed by atoms with E-state index >= 15 is 0 Å². The fourth-order valence-corrected chi connectivity index (χ4v) is 5.75. The number of aromatic nitrogens is 3. The maximum atomic E-state index is 13.4. The second-order valence-corrected chi connectivity index (χ2v) is 11.4. The van der Waals surface area contributed by atoms with Crippen LogP contribution in [0.3, 0.4) is 0 Å². The van der Waals surface area contributed by atoms with Gasteiger partial charge in [0.05, 0.1) is 36.8 Å². The zero-order chi connectivity index (χ0) is 27.8. The number of rotatable bonds is 5. The molecule has 6 rings (SSSR count). The summed E-state index contributed by atoms with van der Waals surface area (Å²) in [6.07, 6.45) is 4.21. The summed E-state index contributed by atoms with van der Waals surface area (Å²) in [4.78, 5) is 32.4. The third-order valence-corrected chi connectivity index (χ3v) is 8.46. The molecule has 3 aromatic rings. The first-order chi connectivity index (χ1) is 18.8. The zero-order valence-corrected chi connectivity index (χ0v) is 23.7. The minimum atomic E-state index is -1.07. The van der Waals surface area contributed by atoms with Gasteiger partial charge in [-0.15, -0.1) is 0 Å². The highest BCUT2D eigenvalue weighted by Gasteiger charge is 2.48. The highest BCUT2D eigenvalue weighted by atomic mass is 35.5. The Kier molecular flexibility index (Phi) is 7.88. The SMILES string of the molecule is CC.CC1(C(=O)N2CCC(O)(Cn3cnc4c(cc(Cl)n4-c4ccc(C5COCCN5)cc4)c3=O)CC2)CC1. The molecule has 9 nitrogen and oxygen atoms in total. The zero-order valence-electron chi connectivity index (χ0n) is 23.0. The van der Waals surface area contributed by atoms with Crippen molar-refractivity contribution in [1.82, 2.24) is 24.3 Å². The second kappa shape index (κ2) is 11.0. The molecule has 3 aliphatic rings.